The summed E-state index contributed by atoms with van der Waals surface area (Å²) < 4.78 is 0. The van der Waals surface area contributed by atoms with Gasteiger partial charge in [0.1, 0.15) is 12.6 Å². The summed E-state index contributed by atoms with van der Waals surface area (Å²) >= 11 is 0. The first-order valence-corrected chi connectivity index (χ1v) is 11.4. The van der Waals surface area contributed by atoms with Crippen LogP contribution in [-0.2, 0) is 19.2 Å². The van der Waals surface area contributed by atoms with E-state index in [2.05, 4.69) is 10.6 Å². The second-order valence-corrected chi connectivity index (χ2v) is 9.42. The molecule has 0 radical (unpaired) electrons. The Morgan fingerprint density at radius 1 is 1.22 bits per heavy atom. The van der Waals surface area contributed by atoms with Crippen LogP contribution in [0.25, 0.3) is 0 Å². The van der Waals surface area contributed by atoms with Crippen LogP contribution in [-0.4, -0.2) is 94.4 Å². The van der Waals surface area contributed by atoms with Gasteiger partial charge in [-0.05, 0) is 44.8 Å². The van der Waals surface area contributed by atoms with Gasteiger partial charge in [0.05, 0.1) is 5.54 Å². The number of nitrogens with two attached hydrogens (primary N) is 1. The van der Waals surface area contributed by atoms with Gasteiger partial charge in [0.25, 0.3) is 0 Å². The molecule has 1 saturated carbocycles. The highest BCUT2D eigenvalue weighted by Gasteiger charge is 2.42. The minimum absolute atomic E-state index is 0.0341. The van der Waals surface area contributed by atoms with Crippen LogP contribution >= 0.6 is 0 Å². The Morgan fingerprint density at radius 2 is 1.84 bits per heavy atom. The van der Waals surface area contributed by atoms with Crippen LogP contribution in [0.1, 0.15) is 51.9 Å². The normalized spacial score (nSPS) is 30.1. The van der Waals surface area contributed by atoms with E-state index >= 15 is 0 Å². The minimum Gasteiger partial charge on any atom is -0.427 e. The maximum Gasteiger partial charge on any atom is 0.454 e. The molecule has 12 heteroatoms. The summed E-state index contributed by atoms with van der Waals surface area (Å²) in [4.78, 5) is 51.7. The van der Waals surface area contributed by atoms with Crippen LogP contribution in [0.5, 0.6) is 0 Å². The second kappa shape index (κ2) is 10.2. The number of nitrogens with one attached hydrogen (secondary N) is 2. The van der Waals surface area contributed by atoms with Gasteiger partial charge in [0.2, 0.25) is 24.1 Å². The molecule has 178 valence electrons. The van der Waals surface area contributed by atoms with E-state index in [4.69, 9.17) is 5.73 Å². The fraction of sp³-hybridized carbons (Fsp3) is 0.800. The molecule has 4 amide bonds. The number of hydrogen-bond acceptors (Lipinski definition) is 7. The number of amides is 4. The number of nitrogens with zero attached hydrogens (tertiary/aromatic N) is 2. The molecule has 32 heavy (non-hydrogen) atoms. The number of carbonyl (C=O) groups is 4. The van der Waals surface area contributed by atoms with Crippen LogP contribution in [0.3, 0.4) is 0 Å². The molecule has 3 aliphatic rings. The summed E-state index contributed by atoms with van der Waals surface area (Å²) in [5.41, 5.74) is 5.33. The summed E-state index contributed by atoms with van der Waals surface area (Å²) in [7, 11) is -1.32. The van der Waals surface area contributed by atoms with E-state index in [1.54, 1.807) is 4.90 Å². The molecule has 6 N–H and O–H groups in total. The standard InChI is InChI=1S/C20H34BN5O6/c1-13-10-16(23-12-27)18(29)26(13)11-17(28)25-8-6-20(22,7-9-25)19(30)24-15-4-2-14(3-5-15)21(31)32/h12-16,31-32H,2-11,22H2,1H3,(H,23,27)(H,24,30). The predicted octanol–water partition coefficient (Wildman–Crippen LogP) is -2.06. The average Bonchev–Trinajstić information content (AvgIpc) is 3.02. The lowest BCUT2D eigenvalue weighted by atomic mass is 9.64. The molecule has 3 rings (SSSR count). The molecule has 0 aromatic heterocycles. The monoisotopic (exact) mass is 451 g/mol. The van der Waals surface area contributed by atoms with Crippen molar-refractivity contribution in [3.8, 4) is 0 Å². The summed E-state index contributed by atoms with van der Waals surface area (Å²) in [6.07, 6.45) is 4.25. The molecule has 2 atom stereocenters. The van der Waals surface area contributed by atoms with Gasteiger partial charge in [0.15, 0.2) is 0 Å². The SMILES string of the molecule is CC1CC(NC=O)C(=O)N1CC(=O)N1CCC(N)(C(=O)NC2CCC(B(O)O)CC2)CC1. The third-order valence-corrected chi connectivity index (χ3v) is 7.25. The zero-order chi connectivity index (χ0) is 23.5. The van der Waals surface area contributed by atoms with Crippen LogP contribution in [0.2, 0.25) is 5.82 Å². The minimum atomic E-state index is -1.32. The quantitative estimate of drug-likeness (QED) is 0.219. The first-order valence-electron chi connectivity index (χ1n) is 11.4. The first-order chi connectivity index (χ1) is 15.1. The van der Waals surface area contributed by atoms with E-state index < -0.39 is 18.7 Å². The Morgan fingerprint density at radius 3 is 2.41 bits per heavy atom. The molecule has 2 unspecified atom stereocenters. The summed E-state index contributed by atoms with van der Waals surface area (Å²) in [5.74, 6) is -0.839. The fourth-order valence-corrected chi connectivity index (χ4v) is 4.96. The Hall–Kier alpha value is -2.18. The van der Waals surface area contributed by atoms with E-state index in [-0.39, 0.29) is 42.2 Å². The average molecular weight is 451 g/mol. The lowest BCUT2D eigenvalue weighted by molar-refractivity contribution is -0.142. The van der Waals surface area contributed by atoms with Gasteiger partial charge in [-0.15, -0.1) is 0 Å². The van der Waals surface area contributed by atoms with Crippen LogP contribution in [0.15, 0.2) is 0 Å². The fourth-order valence-electron chi connectivity index (χ4n) is 4.96. The molecule has 3 fully saturated rings. The van der Waals surface area contributed by atoms with Crippen molar-refractivity contribution in [1.82, 2.24) is 20.4 Å². The van der Waals surface area contributed by atoms with E-state index in [1.807, 2.05) is 6.92 Å². The van der Waals surface area contributed by atoms with E-state index in [1.165, 1.54) is 4.90 Å². The van der Waals surface area contributed by atoms with Gasteiger partial charge in [-0.1, -0.05) is 12.8 Å². The van der Waals surface area contributed by atoms with Crippen molar-refractivity contribution >= 4 is 31.3 Å². The topological polar surface area (TPSA) is 165 Å². The van der Waals surface area contributed by atoms with Crippen molar-refractivity contribution in [3.05, 3.63) is 0 Å². The lowest BCUT2D eigenvalue weighted by Gasteiger charge is -2.40. The number of piperidine rings is 1. The Balaban J connectivity index is 1.46. The zero-order valence-electron chi connectivity index (χ0n) is 18.5. The highest BCUT2D eigenvalue weighted by Crippen LogP contribution is 2.30. The Bertz CT molecular complexity index is 721. The van der Waals surface area contributed by atoms with Gasteiger partial charge in [-0.25, -0.2) is 0 Å². The first kappa shape index (κ1) is 24.5. The summed E-state index contributed by atoms with van der Waals surface area (Å²) in [6, 6.07) is -0.768. The largest absolute Gasteiger partial charge is 0.454 e. The molecule has 1 aliphatic carbocycles. The van der Waals surface area contributed by atoms with Crippen molar-refractivity contribution in [1.29, 1.82) is 0 Å². The van der Waals surface area contributed by atoms with Crippen molar-refractivity contribution in [2.75, 3.05) is 19.6 Å². The van der Waals surface area contributed by atoms with E-state index in [9.17, 15) is 29.2 Å². The Labute approximate surface area is 188 Å². The summed E-state index contributed by atoms with van der Waals surface area (Å²) in [5, 5.41) is 24.1. The molecule has 2 saturated heterocycles. The van der Waals surface area contributed by atoms with Crippen LogP contribution in [0.4, 0.5) is 0 Å². The predicted molar refractivity (Wildman–Crippen MR) is 116 cm³/mol. The smallest absolute Gasteiger partial charge is 0.427 e. The van der Waals surface area contributed by atoms with E-state index in [0.29, 0.717) is 64.4 Å². The molecule has 0 bridgehead atoms. The van der Waals surface area contributed by atoms with Gasteiger partial charge in [0, 0.05) is 25.2 Å². The van der Waals surface area contributed by atoms with Crippen LogP contribution < -0.4 is 16.4 Å². The molecule has 11 nitrogen and oxygen atoms in total. The molecule has 0 aromatic carbocycles. The second-order valence-electron chi connectivity index (χ2n) is 9.42. The van der Waals surface area contributed by atoms with Crippen molar-refractivity contribution < 1.29 is 29.2 Å². The molecular formula is C20H34BN5O6. The van der Waals surface area contributed by atoms with Crippen molar-refractivity contribution in [3.63, 3.8) is 0 Å². The Kier molecular flexibility index (Phi) is 7.78. The molecule has 0 spiro atoms. The highest BCUT2D eigenvalue weighted by molar-refractivity contribution is 6.43. The zero-order valence-corrected chi connectivity index (χ0v) is 18.5. The third kappa shape index (κ3) is 5.41. The van der Waals surface area contributed by atoms with Gasteiger partial charge in [-0.3, -0.25) is 19.2 Å². The van der Waals surface area contributed by atoms with E-state index in [0.717, 1.165) is 0 Å². The van der Waals surface area contributed by atoms with Crippen LogP contribution in [0, 0.1) is 0 Å². The summed E-state index contributed by atoms with van der Waals surface area (Å²) in [6.45, 7) is 2.45. The van der Waals surface area contributed by atoms with Gasteiger partial charge in [-0.2, -0.15) is 0 Å². The third-order valence-electron chi connectivity index (χ3n) is 7.25. The number of rotatable bonds is 7. The molecule has 2 heterocycles. The van der Waals surface area contributed by atoms with Crippen molar-refractivity contribution in [2.24, 2.45) is 5.73 Å². The maximum atomic E-state index is 12.8. The number of hydrogen-bond donors (Lipinski definition) is 5. The molecule has 0 aromatic rings. The number of carbonyl (C=O) groups excluding carboxylic acids is 4. The maximum absolute atomic E-state index is 12.8. The lowest BCUT2D eigenvalue weighted by Crippen LogP contribution is -2.62. The molecule has 2 aliphatic heterocycles. The van der Waals surface area contributed by atoms with Gasteiger partial charge >= 0.3 is 7.12 Å². The number of likely N-dealkylation sites (tertiary alicyclic amines) is 2. The van der Waals surface area contributed by atoms with Gasteiger partial charge < -0.3 is 36.2 Å². The molecular weight excluding hydrogens is 417 g/mol. The van der Waals surface area contributed by atoms with Crippen molar-refractivity contribution in [2.45, 2.75) is 81.4 Å². The highest BCUT2D eigenvalue weighted by atomic mass is 16.4.